The number of nitriles is 1. The molecule has 0 bridgehead atoms. The summed E-state index contributed by atoms with van der Waals surface area (Å²) in [7, 11) is 0. The Labute approximate surface area is 156 Å². The van der Waals surface area contributed by atoms with E-state index < -0.39 is 0 Å². The minimum Gasteiger partial charge on any atom is -0.486 e. The highest BCUT2D eigenvalue weighted by atomic mass is 16.6. The van der Waals surface area contributed by atoms with Gasteiger partial charge in [-0.15, -0.1) is 0 Å². The second-order valence-corrected chi connectivity index (χ2v) is 6.73. The highest BCUT2D eigenvalue weighted by molar-refractivity contribution is 6.01. The van der Waals surface area contributed by atoms with Crippen molar-refractivity contribution in [3.05, 3.63) is 77.1 Å². The third-order valence-electron chi connectivity index (χ3n) is 5.19. The van der Waals surface area contributed by atoms with Crippen molar-refractivity contribution in [3.8, 4) is 23.3 Å². The van der Waals surface area contributed by atoms with Gasteiger partial charge in [-0.25, -0.2) is 0 Å². The maximum absolute atomic E-state index is 13.1. The Balaban J connectivity index is 1.66. The standard InChI is InChI=1S/C22H16N2O3/c23-13-14-3-5-15(6-4-14)16-10-20(25)17-11-21-22(27-9-8-26-21)12-19(17)24-7-1-2-18(16)24/h1-7,11-12,16H,8-10H2/t16-/m1/s1. The molecule has 132 valence electrons. The summed E-state index contributed by atoms with van der Waals surface area (Å²) >= 11 is 0. The van der Waals surface area contributed by atoms with Gasteiger partial charge in [-0.2, -0.15) is 5.26 Å². The number of carbonyl (C=O) groups is 1. The van der Waals surface area contributed by atoms with Gasteiger partial charge in [0, 0.05) is 35.9 Å². The maximum Gasteiger partial charge on any atom is 0.166 e. The highest BCUT2D eigenvalue weighted by Gasteiger charge is 2.30. The number of fused-ring (bicyclic) bond motifs is 4. The van der Waals surface area contributed by atoms with E-state index in [0.717, 1.165) is 16.9 Å². The molecule has 3 aromatic rings. The minimum absolute atomic E-state index is 0.0695. The van der Waals surface area contributed by atoms with E-state index in [4.69, 9.17) is 14.7 Å². The summed E-state index contributed by atoms with van der Waals surface area (Å²) in [5.74, 6) is 1.29. The first-order valence-electron chi connectivity index (χ1n) is 8.89. The molecule has 27 heavy (non-hydrogen) atoms. The van der Waals surface area contributed by atoms with Gasteiger partial charge in [0.25, 0.3) is 0 Å². The monoisotopic (exact) mass is 356 g/mol. The Kier molecular flexibility index (Phi) is 3.51. The molecule has 1 aromatic heterocycles. The van der Waals surface area contributed by atoms with Crippen LogP contribution in [0.5, 0.6) is 11.5 Å². The van der Waals surface area contributed by atoms with Crippen LogP contribution in [0.15, 0.2) is 54.7 Å². The first-order valence-corrected chi connectivity index (χ1v) is 8.89. The van der Waals surface area contributed by atoms with Crippen molar-refractivity contribution < 1.29 is 14.3 Å². The van der Waals surface area contributed by atoms with Crippen LogP contribution in [0, 0.1) is 11.3 Å². The topological polar surface area (TPSA) is 64.2 Å². The van der Waals surface area contributed by atoms with Crippen molar-refractivity contribution in [1.29, 1.82) is 5.26 Å². The molecule has 3 heterocycles. The molecule has 0 N–H and O–H groups in total. The van der Waals surface area contributed by atoms with Crippen LogP contribution in [0.3, 0.4) is 0 Å². The van der Waals surface area contributed by atoms with Crippen molar-refractivity contribution in [2.24, 2.45) is 0 Å². The van der Waals surface area contributed by atoms with E-state index >= 15 is 0 Å². The normalized spacial score (nSPS) is 17.4. The SMILES string of the molecule is N#Cc1ccc([C@H]2CC(=O)c3cc4c(cc3-n3cccc32)OCCO4)cc1. The van der Waals surface area contributed by atoms with Crippen molar-refractivity contribution in [2.45, 2.75) is 12.3 Å². The third kappa shape index (κ3) is 2.49. The molecule has 2 aliphatic heterocycles. The summed E-state index contributed by atoms with van der Waals surface area (Å²) in [6.07, 6.45) is 2.34. The Morgan fingerprint density at radius 1 is 1.04 bits per heavy atom. The quantitative estimate of drug-likeness (QED) is 0.665. The fourth-order valence-corrected chi connectivity index (χ4v) is 3.88. The number of Topliss-reactive ketones (excluding diaryl/α,β-unsaturated/α-hetero) is 1. The van der Waals surface area contributed by atoms with Gasteiger partial charge in [-0.1, -0.05) is 12.1 Å². The summed E-state index contributed by atoms with van der Waals surface area (Å²) in [5.41, 5.74) is 4.14. The summed E-state index contributed by atoms with van der Waals surface area (Å²) in [4.78, 5) is 13.1. The Bertz CT molecular complexity index is 1090. The van der Waals surface area contributed by atoms with Crippen molar-refractivity contribution in [2.75, 3.05) is 13.2 Å². The number of hydrogen-bond donors (Lipinski definition) is 0. The van der Waals surface area contributed by atoms with Gasteiger partial charge in [-0.3, -0.25) is 4.79 Å². The van der Waals surface area contributed by atoms with E-state index in [0.29, 0.717) is 42.3 Å². The molecule has 0 amide bonds. The van der Waals surface area contributed by atoms with Gasteiger partial charge in [0.15, 0.2) is 17.3 Å². The summed E-state index contributed by atoms with van der Waals surface area (Å²) in [6, 6.07) is 17.3. The fraction of sp³-hybridized carbons (Fsp3) is 0.182. The lowest BCUT2D eigenvalue weighted by Gasteiger charge is -2.21. The maximum atomic E-state index is 13.1. The predicted octanol–water partition coefficient (Wildman–Crippen LogP) is 3.84. The summed E-state index contributed by atoms with van der Waals surface area (Å²) < 4.78 is 13.4. The molecule has 0 saturated carbocycles. The largest absolute Gasteiger partial charge is 0.486 e. The molecule has 1 atom stereocenters. The smallest absolute Gasteiger partial charge is 0.166 e. The Morgan fingerprint density at radius 2 is 1.78 bits per heavy atom. The van der Waals surface area contributed by atoms with E-state index in [9.17, 15) is 4.79 Å². The van der Waals surface area contributed by atoms with Crippen molar-refractivity contribution in [3.63, 3.8) is 0 Å². The number of nitrogens with zero attached hydrogens (tertiary/aromatic N) is 2. The average Bonchev–Trinajstić information content (AvgIpc) is 3.16. The van der Waals surface area contributed by atoms with Crippen LogP contribution in [-0.4, -0.2) is 23.6 Å². The van der Waals surface area contributed by atoms with E-state index in [1.807, 2.05) is 36.5 Å². The zero-order chi connectivity index (χ0) is 18.4. The molecular formula is C22H16N2O3. The van der Waals surface area contributed by atoms with E-state index in [-0.39, 0.29) is 11.7 Å². The van der Waals surface area contributed by atoms with Crippen LogP contribution in [0.1, 0.15) is 39.5 Å². The molecule has 0 spiro atoms. The van der Waals surface area contributed by atoms with Gasteiger partial charge in [0.05, 0.1) is 17.3 Å². The second-order valence-electron chi connectivity index (χ2n) is 6.73. The number of rotatable bonds is 1. The molecule has 0 aliphatic carbocycles. The lowest BCUT2D eigenvalue weighted by molar-refractivity contribution is 0.0978. The zero-order valence-corrected chi connectivity index (χ0v) is 14.5. The molecule has 5 heteroatoms. The first-order chi connectivity index (χ1) is 13.2. The number of carbonyl (C=O) groups excluding carboxylic acids is 1. The first kappa shape index (κ1) is 15.7. The number of ether oxygens (including phenoxy) is 2. The molecule has 0 saturated heterocycles. The van der Waals surface area contributed by atoms with Crippen LogP contribution in [0.2, 0.25) is 0 Å². The minimum atomic E-state index is -0.0773. The number of hydrogen-bond acceptors (Lipinski definition) is 4. The van der Waals surface area contributed by atoms with E-state index in [1.165, 1.54) is 0 Å². The number of benzene rings is 2. The average molecular weight is 356 g/mol. The zero-order valence-electron chi connectivity index (χ0n) is 14.5. The molecule has 2 aliphatic rings. The fourth-order valence-electron chi connectivity index (χ4n) is 3.88. The van der Waals surface area contributed by atoms with Gasteiger partial charge in [-0.05, 0) is 35.9 Å². The van der Waals surface area contributed by atoms with E-state index in [2.05, 4.69) is 10.6 Å². The lowest BCUT2D eigenvalue weighted by Crippen LogP contribution is -2.16. The van der Waals surface area contributed by atoms with Crippen molar-refractivity contribution in [1.82, 2.24) is 4.57 Å². The molecule has 2 aromatic carbocycles. The van der Waals surface area contributed by atoms with Crippen molar-refractivity contribution >= 4 is 5.78 Å². The molecule has 5 nitrogen and oxygen atoms in total. The molecule has 5 rings (SSSR count). The van der Waals surface area contributed by atoms with Crippen LogP contribution in [-0.2, 0) is 0 Å². The van der Waals surface area contributed by atoms with Gasteiger partial charge in [0.1, 0.15) is 13.2 Å². The van der Waals surface area contributed by atoms with Gasteiger partial charge >= 0.3 is 0 Å². The van der Waals surface area contributed by atoms with Crippen LogP contribution >= 0.6 is 0 Å². The van der Waals surface area contributed by atoms with Crippen LogP contribution in [0.25, 0.3) is 5.69 Å². The predicted molar refractivity (Wildman–Crippen MR) is 98.7 cm³/mol. The molecule has 0 fully saturated rings. The Hall–Kier alpha value is -3.52. The third-order valence-corrected chi connectivity index (χ3v) is 5.19. The van der Waals surface area contributed by atoms with Crippen LogP contribution in [0.4, 0.5) is 0 Å². The second kappa shape index (κ2) is 6.03. The highest BCUT2D eigenvalue weighted by Crippen LogP contribution is 2.41. The van der Waals surface area contributed by atoms with E-state index in [1.54, 1.807) is 18.2 Å². The number of ketones is 1. The molecule has 0 unspecified atom stereocenters. The Morgan fingerprint density at radius 3 is 2.52 bits per heavy atom. The summed E-state index contributed by atoms with van der Waals surface area (Å²) in [5, 5.41) is 9.04. The van der Waals surface area contributed by atoms with Crippen LogP contribution < -0.4 is 9.47 Å². The summed E-state index contributed by atoms with van der Waals surface area (Å²) in [6.45, 7) is 0.995. The van der Waals surface area contributed by atoms with Gasteiger partial charge in [0.2, 0.25) is 0 Å². The molecule has 0 radical (unpaired) electrons. The lowest BCUT2D eigenvalue weighted by atomic mass is 9.89. The molecular weight excluding hydrogens is 340 g/mol. The number of aromatic nitrogens is 1. The van der Waals surface area contributed by atoms with Gasteiger partial charge < -0.3 is 14.0 Å².